The summed E-state index contributed by atoms with van der Waals surface area (Å²) < 4.78 is 0. The molecule has 0 N–H and O–H groups in total. The first kappa shape index (κ1) is 34.3. The van der Waals surface area contributed by atoms with E-state index >= 15 is 0 Å². The summed E-state index contributed by atoms with van der Waals surface area (Å²) in [4.78, 5) is 23.0. The van der Waals surface area contributed by atoms with Crippen LogP contribution in [0.4, 0.5) is 0 Å². The lowest BCUT2D eigenvalue weighted by Gasteiger charge is -2.40. The van der Waals surface area contributed by atoms with E-state index in [1.807, 2.05) is 48.2 Å². The van der Waals surface area contributed by atoms with E-state index in [-0.39, 0.29) is 5.92 Å². The molecule has 2 aromatic heterocycles. The molecule has 0 amide bonds. The average Bonchev–Trinajstić information content (AvgIpc) is 3.53. The van der Waals surface area contributed by atoms with Crippen molar-refractivity contribution in [1.29, 1.82) is 0 Å². The molecule has 0 bridgehead atoms. The number of rotatable bonds is 6. The van der Waals surface area contributed by atoms with Crippen molar-refractivity contribution < 1.29 is 0 Å². The average molecular weight is 741 g/mol. The summed E-state index contributed by atoms with van der Waals surface area (Å²) in [6, 6.07) is 56.8. The van der Waals surface area contributed by atoms with Crippen molar-refractivity contribution in [3.63, 3.8) is 0 Å². The predicted molar refractivity (Wildman–Crippen MR) is 229 cm³/mol. The summed E-state index contributed by atoms with van der Waals surface area (Å²) in [7, 11) is 0. The highest BCUT2D eigenvalue weighted by molar-refractivity contribution is 7.99. The predicted octanol–water partition coefficient (Wildman–Crippen LogP) is 13.0. The Morgan fingerprint density at radius 3 is 1.61 bits per heavy atom. The Labute approximate surface area is 332 Å². The van der Waals surface area contributed by atoms with Gasteiger partial charge >= 0.3 is 0 Å². The molecule has 6 aromatic carbocycles. The third kappa shape index (κ3) is 5.44. The second-order valence-electron chi connectivity index (χ2n) is 15.4. The van der Waals surface area contributed by atoms with Gasteiger partial charge in [0, 0.05) is 37.7 Å². The Morgan fingerprint density at radius 2 is 0.929 bits per heavy atom. The lowest BCUT2D eigenvalue weighted by Crippen LogP contribution is -2.32. The molecule has 270 valence electrons. The standard InChI is InChI=1S/C51H40N4S/c1-31(2)44-27-26-37(47(52-44)32(3)4)35-23-25-39-38-19-11-12-20-40(38)51(42(39)29-35)41-21-13-14-22-45(41)56-46-28-24-36(30-43(46)51)50-54-48(33-15-7-5-8-16-33)53-49(55-50)34-17-9-6-10-18-34/h5-32H,1-4H3. The highest BCUT2D eigenvalue weighted by Crippen LogP contribution is 2.63. The van der Waals surface area contributed by atoms with Gasteiger partial charge in [0.2, 0.25) is 0 Å². The fourth-order valence-electron chi connectivity index (χ4n) is 8.64. The summed E-state index contributed by atoms with van der Waals surface area (Å²) in [5.74, 6) is 2.60. The summed E-state index contributed by atoms with van der Waals surface area (Å²) in [6.07, 6.45) is 0. The third-order valence-electron chi connectivity index (χ3n) is 11.3. The van der Waals surface area contributed by atoms with Gasteiger partial charge in [0.15, 0.2) is 17.5 Å². The van der Waals surface area contributed by atoms with Crippen LogP contribution >= 0.6 is 11.8 Å². The van der Waals surface area contributed by atoms with Crippen molar-refractivity contribution in [2.24, 2.45) is 0 Å². The molecule has 2 aliphatic rings. The van der Waals surface area contributed by atoms with Crippen molar-refractivity contribution in [3.8, 4) is 56.4 Å². The van der Waals surface area contributed by atoms with E-state index in [1.54, 1.807) is 0 Å². The molecule has 4 nitrogen and oxygen atoms in total. The molecular weight excluding hydrogens is 701 g/mol. The van der Waals surface area contributed by atoms with E-state index in [4.69, 9.17) is 19.9 Å². The van der Waals surface area contributed by atoms with E-state index in [2.05, 4.69) is 149 Å². The van der Waals surface area contributed by atoms with Gasteiger partial charge in [0.25, 0.3) is 0 Å². The topological polar surface area (TPSA) is 51.6 Å². The number of aromatic nitrogens is 4. The van der Waals surface area contributed by atoms with Crippen molar-refractivity contribution in [3.05, 3.63) is 191 Å². The van der Waals surface area contributed by atoms with Crippen LogP contribution in [0.1, 0.15) is 73.2 Å². The maximum absolute atomic E-state index is 5.24. The van der Waals surface area contributed by atoms with E-state index < -0.39 is 5.41 Å². The van der Waals surface area contributed by atoms with Gasteiger partial charge in [-0.15, -0.1) is 0 Å². The maximum atomic E-state index is 5.24. The summed E-state index contributed by atoms with van der Waals surface area (Å²) in [6.45, 7) is 8.94. The maximum Gasteiger partial charge on any atom is 0.164 e. The number of nitrogens with zero attached hydrogens (tertiary/aromatic N) is 4. The molecule has 3 heterocycles. The molecule has 10 rings (SSSR count). The second-order valence-corrected chi connectivity index (χ2v) is 16.5. The van der Waals surface area contributed by atoms with E-state index in [0.717, 1.165) is 28.1 Å². The van der Waals surface area contributed by atoms with Crippen molar-refractivity contribution >= 4 is 11.8 Å². The van der Waals surface area contributed by atoms with E-state index in [1.165, 1.54) is 54.3 Å². The van der Waals surface area contributed by atoms with Gasteiger partial charge in [-0.2, -0.15) is 0 Å². The molecule has 1 unspecified atom stereocenters. The molecule has 56 heavy (non-hydrogen) atoms. The second kappa shape index (κ2) is 13.5. The first-order valence-corrected chi connectivity index (χ1v) is 20.3. The lowest BCUT2D eigenvalue weighted by atomic mass is 9.66. The zero-order valence-corrected chi connectivity index (χ0v) is 32.7. The van der Waals surface area contributed by atoms with Crippen molar-refractivity contribution in [2.45, 2.75) is 54.7 Å². The number of pyridine rings is 1. The molecule has 1 atom stereocenters. The third-order valence-corrected chi connectivity index (χ3v) is 12.4. The van der Waals surface area contributed by atoms with Gasteiger partial charge in [0.05, 0.1) is 11.1 Å². The van der Waals surface area contributed by atoms with Gasteiger partial charge in [-0.05, 0) is 81.1 Å². The van der Waals surface area contributed by atoms with Gasteiger partial charge in [-0.1, -0.05) is 167 Å². The SMILES string of the molecule is CC(C)c1ccc(-c2ccc3c(c2)C2(c4ccccc4Sc4ccc(-c5nc(-c6ccccc6)nc(-c6ccccc6)n5)cc42)c2ccccc2-3)c(C(C)C)n1. The molecule has 0 radical (unpaired) electrons. The molecule has 0 saturated heterocycles. The molecular formula is C51H40N4S. The molecule has 1 aliphatic carbocycles. The highest BCUT2D eigenvalue weighted by atomic mass is 32.2. The smallest absolute Gasteiger partial charge is 0.164 e. The van der Waals surface area contributed by atoms with Crippen LogP contribution in [0.2, 0.25) is 0 Å². The first-order valence-electron chi connectivity index (χ1n) is 19.4. The zero-order chi connectivity index (χ0) is 38.0. The largest absolute Gasteiger partial charge is 0.257 e. The number of hydrogen-bond donors (Lipinski definition) is 0. The van der Waals surface area contributed by atoms with Crippen LogP contribution in [-0.4, -0.2) is 19.9 Å². The minimum Gasteiger partial charge on any atom is -0.257 e. The Kier molecular flexibility index (Phi) is 8.30. The number of benzene rings is 6. The summed E-state index contributed by atoms with van der Waals surface area (Å²) in [5.41, 5.74) is 14.6. The summed E-state index contributed by atoms with van der Waals surface area (Å²) in [5, 5.41) is 0. The highest BCUT2D eigenvalue weighted by Gasteiger charge is 2.50. The van der Waals surface area contributed by atoms with Crippen molar-refractivity contribution in [1.82, 2.24) is 19.9 Å². The van der Waals surface area contributed by atoms with Gasteiger partial charge < -0.3 is 0 Å². The Balaban J connectivity index is 1.24. The molecule has 0 fully saturated rings. The normalized spacial score (nSPS) is 15.1. The fraction of sp³-hybridized carbons (Fsp3) is 0.137. The Morgan fingerprint density at radius 1 is 0.393 bits per heavy atom. The first-order chi connectivity index (χ1) is 27.4. The molecule has 1 aliphatic heterocycles. The Bertz CT molecular complexity index is 2740. The van der Waals surface area contributed by atoms with Gasteiger partial charge in [-0.25, -0.2) is 15.0 Å². The minimum absolute atomic E-state index is 0.278. The monoisotopic (exact) mass is 740 g/mol. The number of fused-ring (bicyclic) bond motifs is 9. The van der Waals surface area contributed by atoms with E-state index in [9.17, 15) is 0 Å². The van der Waals surface area contributed by atoms with Crippen LogP contribution in [0.3, 0.4) is 0 Å². The fourth-order valence-corrected chi connectivity index (χ4v) is 9.81. The van der Waals surface area contributed by atoms with Gasteiger partial charge in [-0.3, -0.25) is 4.98 Å². The van der Waals surface area contributed by atoms with Gasteiger partial charge in [0.1, 0.15) is 0 Å². The zero-order valence-electron chi connectivity index (χ0n) is 31.9. The Hall–Kier alpha value is -6.17. The van der Waals surface area contributed by atoms with Crippen LogP contribution < -0.4 is 0 Å². The quantitative estimate of drug-likeness (QED) is 0.170. The van der Waals surface area contributed by atoms with Crippen LogP contribution in [0.15, 0.2) is 168 Å². The van der Waals surface area contributed by atoms with Crippen molar-refractivity contribution in [2.75, 3.05) is 0 Å². The minimum atomic E-state index is -0.573. The molecule has 1 spiro atoms. The van der Waals surface area contributed by atoms with Crippen LogP contribution in [0.5, 0.6) is 0 Å². The molecule has 0 saturated carbocycles. The molecule has 5 heteroatoms. The summed E-state index contributed by atoms with van der Waals surface area (Å²) >= 11 is 1.84. The van der Waals surface area contributed by atoms with Crippen LogP contribution in [0, 0.1) is 0 Å². The van der Waals surface area contributed by atoms with Crippen LogP contribution in [-0.2, 0) is 5.41 Å². The van der Waals surface area contributed by atoms with E-state index in [0.29, 0.717) is 23.4 Å². The van der Waals surface area contributed by atoms with Crippen LogP contribution in [0.25, 0.3) is 56.4 Å². The lowest BCUT2D eigenvalue weighted by molar-refractivity contribution is 0.722. The molecule has 8 aromatic rings. The number of hydrogen-bond acceptors (Lipinski definition) is 5.